The molecule has 0 aliphatic rings. The number of anilines is 2. The fourth-order valence-electron chi connectivity index (χ4n) is 4.81. The lowest BCUT2D eigenvalue weighted by Crippen LogP contribution is -2.38. The number of nitrogens with one attached hydrogen (secondary N) is 4. The second-order valence-electron chi connectivity index (χ2n) is 12.8. The van der Waals surface area contributed by atoms with E-state index in [1.807, 2.05) is 136 Å². The molecule has 21 nitrogen and oxygen atoms in total. The summed E-state index contributed by atoms with van der Waals surface area (Å²) in [4.78, 5) is 77.4. The summed E-state index contributed by atoms with van der Waals surface area (Å²) in [5, 5.41) is 93.7. The molecule has 0 fully saturated rings. The van der Waals surface area contributed by atoms with Gasteiger partial charge in [0.1, 0.15) is 0 Å². The zero-order chi connectivity index (χ0) is 47.6. The number of aliphatic hydroxyl groups excluding tert-OH is 9. The minimum absolute atomic E-state index is 0.0667. The Balaban J connectivity index is 0.000000621. The second kappa shape index (κ2) is 29.8. The van der Waals surface area contributed by atoms with Crippen LogP contribution in [0.2, 0.25) is 0 Å². The summed E-state index contributed by atoms with van der Waals surface area (Å²) in [5.74, 6) is -2.45. The number of carbonyl (C=O) groups is 6. The third kappa shape index (κ3) is 16.9. The van der Waals surface area contributed by atoms with Gasteiger partial charge >= 0.3 is 0 Å². The molecule has 0 saturated heterocycles. The van der Waals surface area contributed by atoms with Crippen molar-refractivity contribution < 1.29 is 74.7 Å². The normalized spacial score (nSPS) is 13.3. The first-order valence-corrected chi connectivity index (χ1v) is 24.4. The van der Waals surface area contributed by atoms with Crippen molar-refractivity contribution in [2.45, 2.75) is 44.4 Å². The maximum atomic E-state index is 12.9. The van der Waals surface area contributed by atoms with Crippen molar-refractivity contribution in [3.05, 3.63) is 43.7 Å². The van der Waals surface area contributed by atoms with Gasteiger partial charge in [-0.15, -0.1) is 0 Å². The Morgan fingerprint density at radius 2 is 0.742 bits per heavy atom. The summed E-state index contributed by atoms with van der Waals surface area (Å²) < 4.78 is 2.14. The van der Waals surface area contributed by atoms with Crippen molar-refractivity contribution >= 4 is 183 Å². The second-order valence-corrected chi connectivity index (χ2v) is 19.2. The van der Waals surface area contributed by atoms with Gasteiger partial charge in [-0.25, -0.2) is 0 Å². The van der Waals surface area contributed by atoms with Gasteiger partial charge in [-0.1, -0.05) is 0 Å². The molecular formula is C35H46I6N6O15. The van der Waals surface area contributed by atoms with Crippen LogP contribution in [0, 0.1) is 21.4 Å². The molecule has 0 bridgehead atoms. The Labute approximate surface area is 437 Å². The van der Waals surface area contributed by atoms with Crippen molar-refractivity contribution in [2.75, 3.05) is 75.5 Å². The molecule has 5 atom stereocenters. The minimum atomic E-state index is -1.18. The molecule has 2 rings (SSSR count). The van der Waals surface area contributed by atoms with E-state index in [1.165, 1.54) is 16.7 Å². The highest BCUT2D eigenvalue weighted by atomic mass is 127. The van der Waals surface area contributed by atoms with E-state index in [4.69, 9.17) is 20.4 Å². The molecule has 0 radical (unpaired) electrons. The van der Waals surface area contributed by atoms with Crippen LogP contribution in [0.5, 0.6) is 0 Å². The lowest BCUT2D eigenvalue weighted by molar-refractivity contribution is -0.108. The molecule has 348 valence electrons. The van der Waals surface area contributed by atoms with E-state index in [2.05, 4.69) is 21.3 Å². The molecule has 6 amide bonds. The van der Waals surface area contributed by atoms with Crippen molar-refractivity contribution in [1.82, 2.24) is 21.3 Å². The highest BCUT2D eigenvalue weighted by Crippen LogP contribution is 2.39. The van der Waals surface area contributed by atoms with Gasteiger partial charge in [0.2, 0.25) is 12.8 Å². The van der Waals surface area contributed by atoms with Crippen LogP contribution in [-0.2, 0) is 9.59 Å². The van der Waals surface area contributed by atoms with E-state index >= 15 is 0 Å². The SMILES string of the molecule is CC(O)CN(C=O)c1c(I)c(C(=O)NCC(O)CO)c(I)c(C(=O)NCC(O)CO)c1I.CCN(C=O)c1c(I)c(C(=O)NCC(O)CO)c(I)c(C(=O)NCC(O)CO)c1I. The summed E-state index contributed by atoms with van der Waals surface area (Å²) in [6.45, 7) is 0.400. The minimum Gasteiger partial charge on any atom is -0.394 e. The average Bonchev–Trinajstić information content (AvgIpc) is 3.23. The van der Waals surface area contributed by atoms with Gasteiger partial charge in [-0.2, -0.15) is 0 Å². The first-order chi connectivity index (χ1) is 29.1. The van der Waals surface area contributed by atoms with Gasteiger partial charge < -0.3 is 77.0 Å². The molecule has 2 aromatic carbocycles. The molecule has 5 unspecified atom stereocenters. The number of hydrogen-bond acceptors (Lipinski definition) is 15. The molecule has 0 spiro atoms. The molecule has 2 aromatic rings. The van der Waals surface area contributed by atoms with Gasteiger partial charge in [0.05, 0.1) is 111 Å². The first-order valence-electron chi connectivity index (χ1n) is 17.9. The topological polar surface area (TPSA) is 339 Å². The van der Waals surface area contributed by atoms with Crippen LogP contribution < -0.4 is 31.1 Å². The Bertz CT molecular complexity index is 1790. The maximum absolute atomic E-state index is 12.9. The van der Waals surface area contributed by atoms with Crippen LogP contribution in [-0.4, -0.2) is 179 Å². The Hall–Kier alpha value is -0.720. The van der Waals surface area contributed by atoms with Crippen LogP contribution in [0.15, 0.2) is 0 Å². The first kappa shape index (κ1) is 59.3. The fourth-order valence-corrected chi connectivity index (χ4v) is 14.3. The fraction of sp³-hybridized carbons (Fsp3) is 0.486. The molecule has 27 heteroatoms. The predicted octanol–water partition coefficient (Wildman–Crippen LogP) is -1.34. The number of amides is 6. The monoisotopic (exact) mass is 1550 g/mol. The number of benzene rings is 2. The quantitative estimate of drug-likeness (QED) is 0.0453. The molecule has 62 heavy (non-hydrogen) atoms. The predicted molar refractivity (Wildman–Crippen MR) is 275 cm³/mol. The summed E-state index contributed by atoms with van der Waals surface area (Å²) in [5.41, 5.74) is 1.04. The van der Waals surface area contributed by atoms with E-state index in [9.17, 15) is 54.3 Å². The van der Waals surface area contributed by atoms with Crippen LogP contribution in [0.3, 0.4) is 0 Å². The number of hydrogen-bond donors (Lipinski definition) is 13. The molecule has 0 aliphatic heterocycles. The van der Waals surface area contributed by atoms with E-state index in [-0.39, 0.29) is 64.2 Å². The number of carbonyl (C=O) groups excluding carboxylic acids is 6. The van der Waals surface area contributed by atoms with Gasteiger partial charge in [0.15, 0.2) is 0 Å². The van der Waals surface area contributed by atoms with Crippen molar-refractivity contribution in [1.29, 1.82) is 0 Å². The van der Waals surface area contributed by atoms with E-state index in [0.717, 1.165) is 0 Å². The lowest BCUT2D eigenvalue weighted by Gasteiger charge is -2.26. The molecule has 0 aliphatic carbocycles. The van der Waals surface area contributed by atoms with E-state index < -0.39 is 80.6 Å². The third-order valence-electron chi connectivity index (χ3n) is 7.96. The Morgan fingerprint density at radius 3 is 0.935 bits per heavy atom. The van der Waals surface area contributed by atoms with Crippen molar-refractivity contribution in [3.63, 3.8) is 0 Å². The molecule has 0 saturated carbocycles. The van der Waals surface area contributed by atoms with Gasteiger partial charge in [-0.3, -0.25) is 28.8 Å². The van der Waals surface area contributed by atoms with Crippen LogP contribution in [0.4, 0.5) is 11.4 Å². The number of aliphatic hydroxyl groups is 9. The van der Waals surface area contributed by atoms with Crippen LogP contribution >= 0.6 is 136 Å². The standard InChI is InChI=1S/C18H24I3N3O8.C17H22I3N3O7/c1-8(28)4-24(7-27)16-14(20)11(17(31)22-2-9(29)5-25)13(19)12(15(16)21)18(32)23-3-10(30)6-26;1-2-23(7-26)15-13(19)10(16(29)21-3-8(27)5-24)12(18)11(14(15)20)17(30)22-4-9(28)6-25/h7-10,25-26,28-30H,2-6H2,1H3,(H,22,31)(H,23,32);7-9,24-25,27-28H,2-6H2,1H3,(H,21,29)(H,22,30). The smallest absolute Gasteiger partial charge is 0.253 e. The lowest BCUT2D eigenvalue weighted by atomic mass is 10.1. The molecular weight excluding hydrogens is 1510 g/mol. The largest absolute Gasteiger partial charge is 0.394 e. The van der Waals surface area contributed by atoms with Crippen LogP contribution in [0.1, 0.15) is 55.3 Å². The van der Waals surface area contributed by atoms with Crippen LogP contribution in [0.25, 0.3) is 0 Å². The Kier molecular flexibility index (Phi) is 28.5. The van der Waals surface area contributed by atoms with Gasteiger partial charge in [0.25, 0.3) is 23.6 Å². The molecule has 0 aromatic heterocycles. The molecule has 13 N–H and O–H groups in total. The highest BCUT2D eigenvalue weighted by Gasteiger charge is 2.32. The van der Waals surface area contributed by atoms with Gasteiger partial charge in [-0.05, 0) is 149 Å². The maximum Gasteiger partial charge on any atom is 0.253 e. The summed E-state index contributed by atoms with van der Waals surface area (Å²) in [6.07, 6.45) is -4.45. The third-order valence-corrected chi connectivity index (χ3v) is 14.3. The molecule has 0 heterocycles. The van der Waals surface area contributed by atoms with Crippen molar-refractivity contribution in [3.8, 4) is 0 Å². The number of halogens is 6. The summed E-state index contributed by atoms with van der Waals surface area (Å²) in [6, 6.07) is 0. The van der Waals surface area contributed by atoms with E-state index in [0.29, 0.717) is 42.9 Å². The van der Waals surface area contributed by atoms with Gasteiger partial charge in [0, 0.05) is 39.9 Å². The highest BCUT2D eigenvalue weighted by molar-refractivity contribution is 14.1. The Morgan fingerprint density at radius 1 is 0.500 bits per heavy atom. The van der Waals surface area contributed by atoms with Crippen molar-refractivity contribution in [2.24, 2.45) is 0 Å². The number of nitrogens with zero attached hydrogens (tertiary/aromatic N) is 2. The summed E-state index contributed by atoms with van der Waals surface area (Å²) in [7, 11) is 0. The summed E-state index contributed by atoms with van der Waals surface area (Å²) >= 11 is 11.3. The zero-order valence-electron chi connectivity index (χ0n) is 32.7. The number of rotatable bonds is 23. The average molecular weight is 1550 g/mol. The van der Waals surface area contributed by atoms with E-state index in [1.54, 1.807) is 6.92 Å². The zero-order valence-corrected chi connectivity index (χ0v) is 45.7.